The molecule has 136 valence electrons. The van der Waals surface area contributed by atoms with Crippen LogP contribution in [-0.2, 0) is 11.3 Å². The lowest BCUT2D eigenvalue weighted by atomic mass is 9.92. The van der Waals surface area contributed by atoms with Crippen molar-refractivity contribution < 1.29 is 9.53 Å². The van der Waals surface area contributed by atoms with E-state index in [0.29, 0.717) is 25.6 Å². The van der Waals surface area contributed by atoms with Crippen LogP contribution in [0.3, 0.4) is 0 Å². The normalized spacial score (nSPS) is 11.3. The Labute approximate surface area is 161 Å². The molecule has 0 fully saturated rings. The van der Waals surface area contributed by atoms with E-state index < -0.39 is 5.41 Å². The fourth-order valence-electron chi connectivity index (χ4n) is 2.03. The number of ether oxygens (including phenoxy) is 1. The van der Waals surface area contributed by atoms with Crippen LogP contribution < -0.4 is 20.7 Å². The number of nitrogens with one attached hydrogen (secondary N) is 3. The van der Waals surface area contributed by atoms with Crippen molar-refractivity contribution in [1.29, 1.82) is 0 Å². The Bertz CT molecular complexity index is 547. The largest absolute Gasteiger partial charge is 0.496 e. The SMILES string of the molecule is CCNC(=O)C(C)(C)CNC(=NC)NCc1ccccc1OC.I. The number of halogens is 1. The molecule has 24 heavy (non-hydrogen) atoms. The van der Waals surface area contributed by atoms with Gasteiger partial charge in [0.05, 0.1) is 12.5 Å². The minimum Gasteiger partial charge on any atom is -0.496 e. The molecule has 0 bridgehead atoms. The van der Waals surface area contributed by atoms with Gasteiger partial charge < -0.3 is 20.7 Å². The van der Waals surface area contributed by atoms with Crippen LogP contribution in [0.4, 0.5) is 0 Å². The van der Waals surface area contributed by atoms with Crippen molar-refractivity contribution in [2.75, 3.05) is 27.2 Å². The lowest BCUT2D eigenvalue weighted by molar-refractivity contribution is -0.128. The molecule has 1 rings (SSSR count). The molecule has 0 saturated carbocycles. The molecule has 6 nitrogen and oxygen atoms in total. The Morgan fingerprint density at radius 2 is 1.88 bits per heavy atom. The number of carbonyl (C=O) groups is 1. The molecule has 1 amide bonds. The predicted octanol–water partition coefficient (Wildman–Crippen LogP) is 2.14. The molecule has 0 aliphatic rings. The number of guanidine groups is 1. The number of nitrogens with zero attached hydrogens (tertiary/aromatic N) is 1. The maximum Gasteiger partial charge on any atom is 0.227 e. The quantitative estimate of drug-likeness (QED) is 0.340. The highest BCUT2D eigenvalue weighted by atomic mass is 127. The average molecular weight is 448 g/mol. The molecule has 7 heteroatoms. The van der Waals surface area contributed by atoms with Crippen molar-refractivity contribution in [3.05, 3.63) is 29.8 Å². The molecule has 3 N–H and O–H groups in total. The molecule has 0 atom stereocenters. The van der Waals surface area contributed by atoms with E-state index in [1.165, 1.54) is 0 Å². The van der Waals surface area contributed by atoms with Crippen LogP contribution in [0.15, 0.2) is 29.3 Å². The Balaban J connectivity index is 0.00000529. The van der Waals surface area contributed by atoms with Gasteiger partial charge in [-0.2, -0.15) is 0 Å². The minimum atomic E-state index is -0.516. The fraction of sp³-hybridized carbons (Fsp3) is 0.529. The summed E-state index contributed by atoms with van der Waals surface area (Å²) in [5.74, 6) is 1.50. The van der Waals surface area contributed by atoms with E-state index in [4.69, 9.17) is 4.74 Å². The van der Waals surface area contributed by atoms with Crippen LogP contribution in [0.25, 0.3) is 0 Å². The molecular weight excluding hydrogens is 419 g/mol. The Morgan fingerprint density at radius 1 is 1.21 bits per heavy atom. The molecule has 0 aromatic heterocycles. The lowest BCUT2D eigenvalue weighted by Gasteiger charge is -2.25. The van der Waals surface area contributed by atoms with Gasteiger partial charge in [-0.1, -0.05) is 18.2 Å². The zero-order chi connectivity index (χ0) is 17.3. The van der Waals surface area contributed by atoms with Gasteiger partial charge >= 0.3 is 0 Å². The van der Waals surface area contributed by atoms with E-state index >= 15 is 0 Å². The van der Waals surface area contributed by atoms with Crippen molar-refractivity contribution >= 4 is 35.8 Å². The van der Waals surface area contributed by atoms with Crippen molar-refractivity contribution in [1.82, 2.24) is 16.0 Å². The van der Waals surface area contributed by atoms with Gasteiger partial charge in [0, 0.05) is 32.2 Å². The van der Waals surface area contributed by atoms with Crippen molar-refractivity contribution in [3.63, 3.8) is 0 Å². The first kappa shape index (κ1) is 22.5. The molecule has 0 spiro atoms. The third-order valence-electron chi connectivity index (χ3n) is 3.51. The summed E-state index contributed by atoms with van der Waals surface area (Å²) in [6.45, 7) is 7.42. The van der Waals surface area contributed by atoms with Gasteiger partial charge in [-0.05, 0) is 26.8 Å². The number of hydrogen-bond acceptors (Lipinski definition) is 3. The molecule has 0 radical (unpaired) electrons. The number of methoxy groups -OCH3 is 1. The minimum absolute atomic E-state index is 0. The van der Waals surface area contributed by atoms with Crippen LogP contribution in [0.1, 0.15) is 26.3 Å². The summed E-state index contributed by atoms with van der Waals surface area (Å²) in [7, 11) is 3.36. The van der Waals surface area contributed by atoms with E-state index in [1.807, 2.05) is 45.0 Å². The summed E-state index contributed by atoms with van der Waals surface area (Å²) in [6, 6.07) is 7.82. The Morgan fingerprint density at radius 3 is 2.46 bits per heavy atom. The van der Waals surface area contributed by atoms with Crippen molar-refractivity contribution in [3.8, 4) is 5.75 Å². The first-order valence-corrected chi connectivity index (χ1v) is 7.79. The zero-order valence-corrected chi connectivity index (χ0v) is 17.4. The van der Waals surface area contributed by atoms with Gasteiger partial charge in [0.15, 0.2) is 5.96 Å². The number of para-hydroxylation sites is 1. The topological polar surface area (TPSA) is 74.8 Å². The number of carbonyl (C=O) groups excluding carboxylic acids is 1. The summed E-state index contributed by atoms with van der Waals surface area (Å²) in [5, 5.41) is 9.27. The van der Waals surface area contributed by atoms with Crippen molar-refractivity contribution in [2.45, 2.75) is 27.3 Å². The molecule has 0 aliphatic heterocycles. The van der Waals surface area contributed by atoms with Crippen molar-refractivity contribution in [2.24, 2.45) is 10.4 Å². The fourth-order valence-corrected chi connectivity index (χ4v) is 2.03. The van der Waals surface area contributed by atoms with E-state index in [2.05, 4.69) is 20.9 Å². The highest BCUT2D eigenvalue weighted by molar-refractivity contribution is 14.0. The Hall–Kier alpha value is -1.51. The maximum absolute atomic E-state index is 12.0. The second-order valence-corrected chi connectivity index (χ2v) is 5.83. The van der Waals surface area contributed by atoms with Crippen LogP contribution >= 0.6 is 24.0 Å². The third-order valence-corrected chi connectivity index (χ3v) is 3.51. The second kappa shape index (κ2) is 11.1. The molecule has 1 aromatic rings. The van der Waals surface area contributed by atoms with Crippen LogP contribution in [0.2, 0.25) is 0 Å². The first-order chi connectivity index (χ1) is 10.9. The molecule has 0 unspecified atom stereocenters. The standard InChI is InChI=1S/C17H28N4O2.HI/c1-6-19-15(22)17(2,3)12-21-16(18-4)20-11-13-9-7-8-10-14(13)23-5;/h7-10H,6,11-12H2,1-5H3,(H,19,22)(H2,18,20,21);1H. The Kier molecular flexibility index (Phi) is 10.4. The molecule has 1 aromatic carbocycles. The number of benzene rings is 1. The average Bonchev–Trinajstić information content (AvgIpc) is 2.55. The number of aliphatic imine (C=N–C) groups is 1. The van der Waals surface area contributed by atoms with Gasteiger partial charge in [0.2, 0.25) is 5.91 Å². The summed E-state index contributed by atoms with van der Waals surface area (Å²) >= 11 is 0. The second-order valence-electron chi connectivity index (χ2n) is 5.83. The lowest BCUT2D eigenvalue weighted by Crippen LogP contribution is -2.47. The van der Waals surface area contributed by atoms with E-state index in [0.717, 1.165) is 11.3 Å². The summed E-state index contributed by atoms with van der Waals surface area (Å²) in [6.07, 6.45) is 0. The van der Waals surface area contributed by atoms with Gasteiger partial charge in [0.1, 0.15) is 5.75 Å². The van der Waals surface area contributed by atoms with Gasteiger partial charge in [-0.25, -0.2) is 0 Å². The summed E-state index contributed by atoms with van der Waals surface area (Å²) in [5.41, 5.74) is 0.527. The molecule has 0 saturated heterocycles. The predicted molar refractivity (Wildman–Crippen MR) is 109 cm³/mol. The first-order valence-electron chi connectivity index (χ1n) is 7.79. The molecule has 0 aliphatic carbocycles. The van der Waals surface area contributed by atoms with Gasteiger partial charge in [0.25, 0.3) is 0 Å². The van der Waals surface area contributed by atoms with E-state index in [9.17, 15) is 4.79 Å². The van der Waals surface area contributed by atoms with Crippen LogP contribution in [0.5, 0.6) is 5.75 Å². The smallest absolute Gasteiger partial charge is 0.227 e. The number of rotatable bonds is 7. The zero-order valence-electron chi connectivity index (χ0n) is 15.1. The highest BCUT2D eigenvalue weighted by Crippen LogP contribution is 2.16. The van der Waals surface area contributed by atoms with E-state index in [1.54, 1.807) is 14.2 Å². The van der Waals surface area contributed by atoms with E-state index in [-0.39, 0.29) is 29.9 Å². The molecular formula is C17H29IN4O2. The number of hydrogen-bond donors (Lipinski definition) is 3. The maximum atomic E-state index is 12.0. The number of amides is 1. The summed E-state index contributed by atoms with van der Waals surface area (Å²) < 4.78 is 5.33. The molecule has 0 heterocycles. The van der Waals surface area contributed by atoms with Gasteiger partial charge in [-0.15, -0.1) is 24.0 Å². The van der Waals surface area contributed by atoms with Crippen LogP contribution in [0, 0.1) is 5.41 Å². The van der Waals surface area contributed by atoms with Crippen LogP contribution in [-0.4, -0.2) is 39.1 Å². The third kappa shape index (κ3) is 6.94. The van der Waals surface area contributed by atoms with Gasteiger partial charge in [-0.3, -0.25) is 9.79 Å². The highest BCUT2D eigenvalue weighted by Gasteiger charge is 2.27. The monoisotopic (exact) mass is 448 g/mol. The summed E-state index contributed by atoms with van der Waals surface area (Å²) in [4.78, 5) is 16.2.